The molecule has 9 nitrogen and oxygen atoms in total. The topological polar surface area (TPSA) is 129 Å². The Kier molecular flexibility index (Phi) is 9.65. The predicted octanol–water partition coefficient (Wildman–Crippen LogP) is 2.32. The molecular formula is C21H25F6N3O6. The van der Waals surface area contributed by atoms with E-state index in [4.69, 9.17) is 24.5 Å². The highest BCUT2D eigenvalue weighted by Gasteiger charge is 2.55. The number of aromatic nitrogens is 1. The molecule has 0 bridgehead atoms. The summed E-state index contributed by atoms with van der Waals surface area (Å²) in [5, 5.41) is 17.4. The number of hydrogen-bond acceptors (Lipinski definition) is 6. The number of carbonyl (C=O) groups excluding carboxylic acids is 1. The molecule has 1 aromatic rings. The van der Waals surface area contributed by atoms with Gasteiger partial charge in [-0.15, -0.1) is 0 Å². The maximum absolute atomic E-state index is 12.8. The lowest BCUT2D eigenvalue weighted by Crippen LogP contribution is -2.47. The van der Waals surface area contributed by atoms with Gasteiger partial charge in [0.2, 0.25) is 5.91 Å². The van der Waals surface area contributed by atoms with Crippen LogP contribution in [0.2, 0.25) is 0 Å². The number of alkyl halides is 6. The maximum Gasteiger partial charge on any atom is 0.490 e. The number of fused-ring (bicyclic) bond motifs is 1. The molecule has 4 rings (SSSR count). The Hall–Kier alpha value is -2.94. The van der Waals surface area contributed by atoms with Gasteiger partial charge in [0.05, 0.1) is 18.6 Å². The van der Waals surface area contributed by atoms with E-state index in [9.17, 15) is 31.1 Å². The average molecular weight is 529 g/mol. The number of ether oxygens (including phenoxy) is 1. The molecule has 3 aliphatic rings. The number of pyridine rings is 1. The van der Waals surface area contributed by atoms with Gasteiger partial charge in [0.15, 0.2) is 0 Å². The third-order valence-corrected chi connectivity index (χ3v) is 5.79. The van der Waals surface area contributed by atoms with Gasteiger partial charge < -0.3 is 20.3 Å². The van der Waals surface area contributed by atoms with Crippen LogP contribution < -0.4 is 5.32 Å². The highest BCUT2D eigenvalue weighted by Crippen LogP contribution is 2.42. The summed E-state index contributed by atoms with van der Waals surface area (Å²) in [7, 11) is 0. The van der Waals surface area contributed by atoms with E-state index < -0.39 is 24.3 Å². The Balaban J connectivity index is 0.000000271. The molecule has 2 saturated heterocycles. The van der Waals surface area contributed by atoms with E-state index in [0.717, 1.165) is 32.1 Å². The summed E-state index contributed by atoms with van der Waals surface area (Å²) < 4.78 is 69.1. The number of nitrogens with one attached hydrogen (secondary N) is 1. The molecular weight excluding hydrogens is 504 g/mol. The Morgan fingerprint density at radius 2 is 1.58 bits per heavy atom. The highest BCUT2D eigenvalue weighted by molar-refractivity contribution is 5.84. The van der Waals surface area contributed by atoms with Gasteiger partial charge in [0.1, 0.15) is 0 Å². The molecule has 1 aromatic heterocycles. The molecule has 15 heteroatoms. The first kappa shape index (κ1) is 29.3. The molecule has 36 heavy (non-hydrogen) atoms. The van der Waals surface area contributed by atoms with Crippen molar-refractivity contribution in [3.63, 3.8) is 0 Å². The van der Waals surface area contributed by atoms with Crippen LogP contribution in [0.25, 0.3) is 0 Å². The summed E-state index contributed by atoms with van der Waals surface area (Å²) in [6.07, 6.45) is -3.98. The zero-order chi connectivity index (χ0) is 27.1. The van der Waals surface area contributed by atoms with Crippen LogP contribution in [0.3, 0.4) is 0 Å². The highest BCUT2D eigenvalue weighted by atomic mass is 19.4. The summed E-state index contributed by atoms with van der Waals surface area (Å²) >= 11 is 0. The summed E-state index contributed by atoms with van der Waals surface area (Å²) in [5.74, 6) is -4.26. The zero-order valence-corrected chi connectivity index (χ0v) is 18.8. The van der Waals surface area contributed by atoms with Gasteiger partial charge >= 0.3 is 24.3 Å². The summed E-state index contributed by atoms with van der Waals surface area (Å²) in [6.45, 7) is 4.76. The minimum absolute atomic E-state index is 0.208. The number of hydrogen-bond donors (Lipinski definition) is 3. The van der Waals surface area contributed by atoms with Crippen molar-refractivity contribution in [3.8, 4) is 0 Å². The number of carboxylic acid groups (broad SMARTS) is 2. The van der Waals surface area contributed by atoms with Crippen molar-refractivity contribution in [1.82, 2.24) is 15.2 Å². The van der Waals surface area contributed by atoms with Crippen molar-refractivity contribution in [2.45, 2.75) is 31.7 Å². The van der Waals surface area contributed by atoms with Gasteiger partial charge in [-0.25, -0.2) is 9.59 Å². The SMILES string of the molecule is O=C(NCC1CC1)[C@]12COC[C@H]1CN(Cc1ccncc1)C2.O=C(O)C(F)(F)F.O=C(O)C(F)(F)F. The Morgan fingerprint density at radius 3 is 2.06 bits per heavy atom. The molecule has 3 heterocycles. The van der Waals surface area contributed by atoms with Gasteiger partial charge in [-0.3, -0.25) is 14.7 Å². The van der Waals surface area contributed by atoms with Crippen molar-refractivity contribution < 1.29 is 55.7 Å². The second-order valence-corrected chi connectivity index (χ2v) is 8.65. The number of halogens is 6. The molecule has 2 atom stereocenters. The molecule has 3 N–H and O–H groups in total. The van der Waals surface area contributed by atoms with Crippen LogP contribution in [0.1, 0.15) is 18.4 Å². The number of nitrogens with zero attached hydrogens (tertiary/aromatic N) is 2. The molecule has 0 aromatic carbocycles. The Labute approximate surface area is 201 Å². The predicted molar refractivity (Wildman–Crippen MR) is 109 cm³/mol. The molecule has 3 fully saturated rings. The smallest absolute Gasteiger partial charge is 0.475 e. The van der Waals surface area contributed by atoms with Gasteiger partial charge in [0, 0.05) is 44.5 Å². The fourth-order valence-corrected chi connectivity index (χ4v) is 3.76. The van der Waals surface area contributed by atoms with E-state index in [1.165, 1.54) is 18.4 Å². The lowest BCUT2D eigenvalue weighted by molar-refractivity contribution is -0.193. The van der Waals surface area contributed by atoms with Crippen LogP contribution in [-0.2, 0) is 25.7 Å². The molecule has 1 aliphatic carbocycles. The number of aliphatic carboxylic acids is 2. The molecule has 0 spiro atoms. The number of amides is 1. The van der Waals surface area contributed by atoms with Crippen molar-refractivity contribution in [3.05, 3.63) is 30.1 Å². The molecule has 0 unspecified atom stereocenters. The fourth-order valence-electron chi connectivity index (χ4n) is 3.76. The largest absolute Gasteiger partial charge is 0.490 e. The molecule has 202 valence electrons. The minimum atomic E-state index is -5.08. The van der Waals surface area contributed by atoms with Crippen molar-refractivity contribution in [2.24, 2.45) is 17.3 Å². The normalized spacial score (nSPS) is 23.4. The van der Waals surface area contributed by atoms with Crippen LogP contribution in [0.15, 0.2) is 24.5 Å². The Bertz CT molecular complexity index is 886. The zero-order valence-electron chi connectivity index (χ0n) is 18.8. The molecule has 1 amide bonds. The third-order valence-electron chi connectivity index (χ3n) is 5.79. The van der Waals surface area contributed by atoms with Crippen molar-refractivity contribution in [1.29, 1.82) is 0 Å². The minimum Gasteiger partial charge on any atom is -0.475 e. The van der Waals surface area contributed by atoms with Gasteiger partial charge in [-0.2, -0.15) is 26.3 Å². The molecule has 1 saturated carbocycles. The van der Waals surface area contributed by atoms with E-state index in [-0.39, 0.29) is 11.3 Å². The van der Waals surface area contributed by atoms with Gasteiger partial charge in [-0.1, -0.05) is 0 Å². The van der Waals surface area contributed by atoms with Gasteiger partial charge in [-0.05, 0) is 36.5 Å². The van der Waals surface area contributed by atoms with Gasteiger partial charge in [0.25, 0.3) is 0 Å². The van der Waals surface area contributed by atoms with Crippen LogP contribution in [-0.4, -0.2) is 83.1 Å². The lowest BCUT2D eigenvalue weighted by Gasteiger charge is -2.26. The molecule has 0 radical (unpaired) electrons. The van der Waals surface area contributed by atoms with E-state index in [0.29, 0.717) is 19.1 Å². The second kappa shape index (κ2) is 11.9. The van der Waals surface area contributed by atoms with Crippen molar-refractivity contribution in [2.75, 3.05) is 32.8 Å². The fraction of sp³-hybridized carbons (Fsp3) is 0.619. The average Bonchev–Trinajstić information content (AvgIpc) is 3.42. The second-order valence-electron chi connectivity index (χ2n) is 8.65. The maximum atomic E-state index is 12.8. The summed E-state index contributed by atoms with van der Waals surface area (Å²) in [4.78, 5) is 37.0. The van der Waals surface area contributed by atoms with Crippen LogP contribution in [0.5, 0.6) is 0 Å². The lowest BCUT2D eigenvalue weighted by atomic mass is 9.80. The standard InChI is InChI=1S/C17H23N3O2.2C2HF3O2/c21-16(19-7-13-1-2-13)17-11-20(9-15(17)10-22-12-17)8-14-3-5-18-6-4-14;2*3-2(4,5)1(6)7/h3-6,13,15H,1-2,7-12H2,(H,19,21);2*(H,6,7)/t15-,17-;;/m1../s1. The first-order valence-corrected chi connectivity index (χ1v) is 10.7. The molecule has 2 aliphatic heterocycles. The van der Waals surface area contributed by atoms with Crippen LogP contribution in [0.4, 0.5) is 26.3 Å². The number of likely N-dealkylation sites (tertiary alicyclic amines) is 1. The van der Waals surface area contributed by atoms with E-state index in [1.807, 2.05) is 24.5 Å². The summed E-state index contributed by atoms with van der Waals surface area (Å²) in [5.41, 5.74) is 0.923. The van der Waals surface area contributed by atoms with Crippen LogP contribution >= 0.6 is 0 Å². The van der Waals surface area contributed by atoms with E-state index >= 15 is 0 Å². The quantitative estimate of drug-likeness (QED) is 0.496. The number of rotatable bonds is 5. The van der Waals surface area contributed by atoms with E-state index in [1.54, 1.807) is 0 Å². The first-order valence-electron chi connectivity index (χ1n) is 10.7. The van der Waals surface area contributed by atoms with Crippen LogP contribution in [0, 0.1) is 17.3 Å². The summed E-state index contributed by atoms with van der Waals surface area (Å²) in [6, 6.07) is 4.09. The Morgan fingerprint density at radius 1 is 1.06 bits per heavy atom. The monoisotopic (exact) mass is 529 g/mol. The van der Waals surface area contributed by atoms with E-state index in [2.05, 4.69) is 15.2 Å². The first-order chi connectivity index (χ1) is 16.6. The number of carboxylic acids is 2. The number of carbonyl (C=O) groups is 3. The van der Waals surface area contributed by atoms with Crippen molar-refractivity contribution >= 4 is 17.8 Å². The third kappa shape index (κ3) is 8.62.